The Hall–Kier alpha value is -2.40. The van der Waals surface area contributed by atoms with E-state index in [0.717, 1.165) is 25.7 Å². The second-order valence-electron chi connectivity index (χ2n) is 6.80. The first kappa shape index (κ1) is 18.4. The third-order valence-corrected chi connectivity index (χ3v) is 5.13. The SMILES string of the molecule is COc1ccnc(C(=O)N2CCC([C@@H](O)CCc3ccccc3)CC2)c1. The molecule has 0 bridgehead atoms. The summed E-state index contributed by atoms with van der Waals surface area (Å²) in [7, 11) is 1.58. The fourth-order valence-electron chi connectivity index (χ4n) is 3.50. The Morgan fingerprint density at radius 3 is 2.69 bits per heavy atom. The maximum absolute atomic E-state index is 12.6. The Bertz CT molecular complexity index is 712. The Morgan fingerprint density at radius 2 is 2.00 bits per heavy atom. The molecule has 0 radical (unpaired) electrons. The van der Waals surface area contributed by atoms with Crippen molar-refractivity contribution in [2.45, 2.75) is 31.8 Å². The summed E-state index contributed by atoms with van der Waals surface area (Å²) in [6.45, 7) is 1.32. The van der Waals surface area contributed by atoms with Crippen molar-refractivity contribution in [1.29, 1.82) is 0 Å². The monoisotopic (exact) mass is 354 g/mol. The van der Waals surface area contributed by atoms with Crippen LogP contribution in [0.5, 0.6) is 5.75 Å². The molecule has 1 aliphatic rings. The number of carbonyl (C=O) groups is 1. The summed E-state index contributed by atoms with van der Waals surface area (Å²) in [6, 6.07) is 13.6. The van der Waals surface area contributed by atoms with Crippen LogP contribution >= 0.6 is 0 Å². The van der Waals surface area contributed by atoms with Gasteiger partial charge in [0.1, 0.15) is 11.4 Å². The highest BCUT2D eigenvalue weighted by Gasteiger charge is 2.28. The van der Waals surface area contributed by atoms with E-state index < -0.39 is 0 Å². The second-order valence-corrected chi connectivity index (χ2v) is 6.80. The van der Waals surface area contributed by atoms with E-state index in [2.05, 4.69) is 17.1 Å². The molecule has 2 aromatic rings. The molecule has 2 heterocycles. The molecule has 0 aliphatic carbocycles. The number of hydrogen-bond donors (Lipinski definition) is 1. The summed E-state index contributed by atoms with van der Waals surface area (Å²) in [5, 5.41) is 10.5. The van der Waals surface area contributed by atoms with Crippen LogP contribution in [0.4, 0.5) is 0 Å². The number of likely N-dealkylation sites (tertiary alicyclic amines) is 1. The highest BCUT2D eigenvalue weighted by molar-refractivity contribution is 5.92. The number of amides is 1. The number of aliphatic hydroxyl groups is 1. The number of hydrogen-bond acceptors (Lipinski definition) is 4. The molecule has 1 aromatic carbocycles. The minimum atomic E-state index is -0.317. The summed E-state index contributed by atoms with van der Waals surface area (Å²) in [5.74, 6) is 0.816. The van der Waals surface area contributed by atoms with E-state index in [-0.39, 0.29) is 17.9 Å². The highest BCUT2D eigenvalue weighted by Crippen LogP contribution is 2.24. The smallest absolute Gasteiger partial charge is 0.272 e. The molecule has 0 saturated carbocycles. The number of aliphatic hydroxyl groups excluding tert-OH is 1. The molecule has 1 saturated heterocycles. The van der Waals surface area contributed by atoms with E-state index in [9.17, 15) is 9.90 Å². The number of pyridine rings is 1. The van der Waals surface area contributed by atoms with Crippen LogP contribution in [-0.2, 0) is 6.42 Å². The van der Waals surface area contributed by atoms with E-state index in [4.69, 9.17) is 4.74 Å². The lowest BCUT2D eigenvalue weighted by molar-refractivity contribution is 0.0433. The van der Waals surface area contributed by atoms with Crippen molar-refractivity contribution in [3.05, 3.63) is 59.9 Å². The van der Waals surface area contributed by atoms with Crippen molar-refractivity contribution in [2.24, 2.45) is 5.92 Å². The first-order chi connectivity index (χ1) is 12.7. The molecule has 26 heavy (non-hydrogen) atoms. The maximum atomic E-state index is 12.6. The predicted octanol–water partition coefficient (Wildman–Crippen LogP) is 2.94. The van der Waals surface area contributed by atoms with E-state index in [1.165, 1.54) is 5.56 Å². The molecule has 1 aromatic heterocycles. The summed E-state index contributed by atoms with van der Waals surface area (Å²) >= 11 is 0. The van der Waals surface area contributed by atoms with Crippen LogP contribution in [-0.4, -0.2) is 47.2 Å². The van der Waals surface area contributed by atoms with Gasteiger partial charge in [-0.3, -0.25) is 9.78 Å². The molecule has 1 atom stereocenters. The third-order valence-electron chi connectivity index (χ3n) is 5.13. The minimum Gasteiger partial charge on any atom is -0.497 e. The van der Waals surface area contributed by atoms with Gasteiger partial charge < -0.3 is 14.7 Å². The molecule has 5 nitrogen and oxygen atoms in total. The minimum absolute atomic E-state index is 0.0684. The van der Waals surface area contributed by atoms with Gasteiger partial charge in [-0.1, -0.05) is 30.3 Å². The zero-order valence-corrected chi connectivity index (χ0v) is 15.2. The van der Waals surface area contributed by atoms with Crippen LogP contribution in [0.15, 0.2) is 48.7 Å². The molecule has 0 spiro atoms. The fraction of sp³-hybridized carbons (Fsp3) is 0.429. The van der Waals surface area contributed by atoms with E-state index in [1.807, 2.05) is 23.1 Å². The first-order valence-electron chi connectivity index (χ1n) is 9.18. The van der Waals surface area contributed by atoms with Crippen molar-refractivity contribution in [1.82, 2.24) is 9.88 Å². The van der Waals surface area contributed by atoms with Gasteiger partial charge in [0.25, 0.3) is 5.91 Å². The maximum Gasteiger partial charge on any atom is 0.272 e. The quantitative estimate of drug-likeness (QED) is 0.866. The summed E-state index contributed by atoms with van der Waals surface area (Å²) in [6.07, 6.45) is 4.57. The van der Waals surface area contributed by atoms with E-state index in [0.29, 0.717) is 24.5 Å². The van der Waals surface area contributed by atoms with Crippen LogP contribution in [0.25, 0.3) is 0 Å². The van der Waals surface area contributed by atoms with Gasteiger partial charge >= 0.3 is 0 Å². The third kappa shape index (κ3) is 4.61. The molecule has 3 rings (SSSR count). The normalized spacial score (nSPS) is 16.3. The predicted molar refractivity (Wildman–Crippen MR) is 100 cm³/mol. The zero-order valence-electron chi connectivity index (χ0n) is 15.2. The van der Waals surface area contributed by atoms with Crippen molar-refractivity contribution < 1.29 is 14.6 Å². The number of ether oxygens (including phenoxy) is 1. The number of aryl methyl sites for hydroxylation is 1. The number of carbonyl (C=O) groups excluding carboxylic acids is 1. The van der Waals surface area contributed by atoms with E-state index >= 15 is 0 Å². The zero-order chi connectivity index (χ0) is 18.4. The molecule has 1 aliphatic heterocycles. The molecule has 0 unspecified atom stereocenters. The molecule has 138 valence electrons. The first-order valence-corrected chi connectivity index (χ1v) is 9.18. The van der Waals surface area contributed by atoms with Gasteiger partial charge in [-0.2, -0.15) is 0 Å². The Morgan fingerprint density at radius 1 is 1.27 bits per heavy atom. The number of aromatic nitrogens is 1. The van der Waals surface area contributed by atoms with Gasteiger partial charge in [0.2, 0.25) is 0 Å². The van der Waals surface area contributed by atoms with Gasteiger partial charge in [0, 0.05) is 25.4 Å². The van der Waals surface area contributed by atoms with Gasteiger partial charge in [-0.15, -0.1) is 0 Å². The average molecular weight is 354 g/mol. The lowest BCUT2D eigenvalue weighted by atomic mass is 9.88. The van der Waals surface area contributed by atoms with Crippen molar-refractivity contribution in [2.75, 3.05) is 20.2 Å². The van der Waals surface area contributed by atoms with Crippen LogP contribution in [0.3, 0.4) is 0 Å². The Kier molecular flexibility index (Phi) is 6.23. The summed E-state index contributed by atoms with van der Waals surface area (Å²) < 4.78 is 5.16. The van der Waals surface area contributed by atoms with Gasteiger partial charge in [0.05, 0.1) is 13.2 Å². The van der Waals surface area contributed by atoms with Crippen LogP contribution in [0.2, 0.25) is 0 Å². The topological polar surface area (TPSA) is 62.7 Å². The molecule has 1 fully saturated rings. The number of rotatable bonds is 6. The van der Waals surface area contributed by atoms with E-state index in [1.54, 1.807) is 25.4 Å². The van der Waals surface area contributed by atoms with Gasteiger partial charge in [-0.05, 0) is 43.2 Å². The molecular weight excluding hydrogens is 328 g/mol. The number of methoxy groups -OCH3 is 1. The average Bonchev–Trinajstić information content (AvgIpc) is 2.72. The number of piperidine rings is 1. The second kappa shape index (κ2) is 8.81. The van der Waals surface area contributed by atoms with Crippen LogP contribution in [0, 0.1) is 5.92 Å². The number of benzene rings is 1. The fourth-order valence-corrected chi connectivity index (χ4v) is 3.50. The number of nitrogens with zero attached hydrogens (tertiary/aromatic N) is 2. The van der Waals surface area contributed by atoms with Crippen molar-refractivity contribution >= 4 is 5.91 Å². The van der Waals surface area contributed by atoms with Crippen LogP contribution in [0.1, 0.15) is 35.3 Å². The summed E-state index contributed by atoms with van der Waals surface area (Å²) in [5.41, 5.74) is 1.66. The molecule has 1 N–H and O–H groups in total. The van der Waals surface area contributed by atoms with Crippen molar-refractivity contribution in [3.63, 3.8) is 0 Å². The largest absolute Gasteiger partial charge is 0.497 e. The van der Waals surface area contributed by atoms with Gasteiger partial charge in [-0.25, -0.2) is 0 Å². The Balaban J connectivity index is 1.49. The highest BCUT2D eigenvalue weighted by atomic mass is 16.5. The molecular formula is C21H26N2O3. The van der Waals surface area contributed by atoms with Crippen LogP contribution < -0.4 is 4.74 Å². The Labute approximate surface area is 154 Å². The summed E-state index contributed by atoms with van der Waals surface area (Å²) in [4.78, 5) is 18.6. The standard InChI is InChI=1S/C21H26N2O3/c1-26-18-9-12-22-19(15-18)21(25)23-13-10-17(11-14-23)20(24)8-7-16-5-3-2-4-6-16/h2-6,9,12,15,17,20,24H,7-8,10-11,13-14H2,1H3/t20-/m0/s1. The lowest BCUT2D eigenvalue weighted by Crippen LogP contribution is -2.41. The van der Waals surface area contributed by atoms with Crippen molar-refractivity contribution in [3.8, 4) is 5.75 Å². The van der Waals surface area contributed by atoms with Gasteiger partial charge in [0.15, 0.2) is 0 Å². The molecule has 1 amide bonds. The molecule has 5 heteroatoms. The lowest BCUT2D eigenvalue weighted by Gasteiger charge is -2.34.